The van der Waals surface area contributed by atoms with Gasteiger partial charge in [-0.2, -0.15) is 21.0 Å². The zero-order chi connectivity index (χ0) is 13.5. The van der Waals surface area contributed by atoms with Crippen LogP contribution in [0.5, 0.6) is 0 Å². The van der Waals surface area contributed by atoms with Gasteiger partial charge in [-0.05, 0) is 32.6 Å². The molecule has 0 heterocycles. The van der Waals surface area contributed by atoms with Gasteiger partial charge in [-0.15, -0.1) is 0 Å². The van der Waals surface area contributed by atoms with Gasteiger partial charge in [-0.1, -0.05) is 6.92 Å². The molecule has 0 aromatic rings. The predicted molar refractivity (Wildman–Crippen MR) is 61.7 cm³/mol. The van der Waals surface area contributed by atoms with Crippen LogP contribution in [0.15, 0.2) is 0 Å². The number of nitrogens with zero attached hydrogens (tertiary/aromatic N) is 4. The van der Waals surface area contributed by atoms with Crippen molar-refractivity contribution < 1.29 is 0 Å². The molecule has 0 radical (unpaired) electrons. The van der Waals surface area contributed by atoms with Gasteiger partial charge in [-0.25, -0.2) is 0 Å². The quantitative estimate of drug-likeness (QED) is 0.676. The first-order chi connectivity index (χ1) is 7.91. The zero-order valence-electron chi connectivity index (χ0n) is 10.5. The third-order valence-corrected chi connectivity index (χ3v) is 3.28. The van der Waals surface area contributed by atoms with Gasteiger partial charge in [0.25, 0.3) is 0 Å². The molecule has 1 unspecified atom stereocenters. The molecule has 0 aliphatic heterocycles. The van der Waals surface area contributed by atoms with Gasteiger partial charge in [0.05, 0.1) is 29.7 Å². The summed E-state index contributed by atoms with van der Waals surface area (Å²) in [5.41, 5.74) is -2.35. The topological polar surface area (TPSA) is 95.2 Å². The van der Waals surface area contributed by atoms with Crippen molar-refractivity contribution in [3.8, 4) is 24.3 Å². The Bertz CT molecular complexity index is 408. The molecule has 88 valence electrons. The Labute approximate surface area is 103 Å². The van der Waals surface area contributed by atoms with E-state index in [4.69, 9.17) is 10.5 Å². The van der Waals surface area contributed by atoms with Crippen LogP contribution in [0.25, 0.3) is 0 Å². The van der Waals surface area contributed by atoms with Crippen molar-refractivity contribution in [3.63, 3.8) is 0 Å². The zero-order valence-corrected chi connectivity index (χ0v) is 10.5. The Morgan fingerprint density at radius 3 is 1.88 bits per heavy atom. The highest BCUT2D eigenvalue weighted by atomic mass is 14.5. The number of rotatable bonds is 5. The monoisotopic (exact) mass is 228 g/mol. The normalized spacial score (nSPS) is 12.6. The second-order valence-corrected chi connectivity index (χ2v) is 4.72. The van der Waals surface area contributed by atoms with E-state index in [1.807, 2.05) is 24.3 Å². The number of hydrogen-bond donors (Lipinski definition) is 0. The third-order valence-electron chi connectivity index (χ3n) is 3.28. The molecule has 4 heteroatoms. The van der Waals surface area contributed by atoms with Gasteiger partial charge in [0.1, 0.15) is 0 Å². The summed E-state index contributed by atoms with van der Waals surface area (Å²) in [6, 6.07) is 8.11. The van der Waals surface area contributed by atoms with Crippen molar-refractivity contribution in [2.45, 2.75) is 40.0 Å². The van der Waals surface area contributed by atoms with E-state index in [2.05, 4.69) is 0 Å². The van der Waals surface area contributed by atoms with Gasteiger partial charge in [-0.3, -0.25) is 0 Å². The minimum Gasteiger partial charge on any atom is -0.198 e. The van der Waals surface area contributed by atoms with Gasteiger partial charge in [0.2, 0.25) is 0 Å². The molecule has 0 saturated heterocycles. The van der Waals surface area contributed by atoms with E-state index < -0.39 is 10.8 Å². The highest BCUT2D eigenvalue weighted by Crippen LogP contribution is 2.45. The van der Waals surface area contributed by atoms with Crippen LogP contribution in [-0.2, 0) is 0 Å². The van der Waals surface area contributed by atoms with Crippen LogP contribution in [-0.4, -0.2) is 0 Å². The molecule has 1 atom stereocenters. The first-order valence-corrected chi connectivity index (χ1v) is 5.52. The molecule has 0 aliphatic rings. The molecular formula is C13H16N4. The summed E-state index contributed by atoms with van der Waals surface area (Å²) < 4.78 is 0. The summed E-state index contributed by atoms with van der Waals surface area (Å²) in [4.78, 5) is 0. The Morgan fingerprint density at radius 1 is 1.00 bits per heavy atom. The maximum absolute atomic E-state index is 9.28. The van der Waals surface area contributed by atoms with Crippen LogP contribution in [0.3, 0.4) is 0 Å². The van der Waals surface area contributed by atoms with E-state index in [0.29, 0.717) is 19.3 Å². The molecule has 0 saturated carbocycles. The Morgan fingerprint density at radius 2 is 1.53 bits per heavy atom. The second-order valence-electron chi connectivity index (χ2n) is 4.72. The van der Waals surface area contributed by atoms with E-state index >= 15 is 0 Å². The average Bonchev–Trinajstić information content (AvgIpc) is 2.31. The molecule has 4 nitrogen and oxygen atoms in total. The predicted octanol–water partition coefficient (Wildman–Crippen LogP) is 2.90. The Balaban J connectivity index is 5.15. The molecule has 0 fully saturated rings. The van der Waals surface area contributed by atoms with Crippen LogP contribution < -0.4 is 0 Å². The van der Waals surface area contributed by atoms with E-state index in [1.54, 1.807) is 20.8 Å². The maximum Gasteiger partial charge on any atom is 0.164 e. The smallest absolute Gasteiger partial charge is 0.164 e. The average molecular weight is 228 g/mol. The molecular weight excluding hydrogens is 212 g/mol. The molecule has 0 bridgehead atoms. The maximum atomic E-state index is 9.28. The summed E-state index contributed by atoms with van der Waals surface area (Å²) in [6.45, 7) is 5.02. The number of nitriles is 4. The van der Waals surface area contributed by atoms with E-state index in [9.17, 15) is 10.5 Å². The van der Waals surface area contributed by atoms with Crippen molar-refractivity contribution in [1.29, 1.82) is 21.0 Å². The van der Waals surface area contributed by atoms with Crippen LogP contribution in [0, 0.1) is 62.1 Å². The fraction of sp³-hybridized carbons (Fsp3) is 0.692. The van der Waals surface area contributed by atoms with Crippen molar-refractivity contribution in [2.75, 3.05) is 0 Å². The molecule has 0 aromatic carbocycles. The largest absolute Gasteiger partial charge is 0.198 e. The fourth-order valence-corrected chi connectivity index (χ4v) is 1.93. The molecule has 0 rings (SSSR count). The molecule has 17 heavy (non-hydrogen) atoms. The highest BCUT2D eigenvalue weighted by Gasteiger charge is 2.50. The lowest BCUT2D eigenvalue weighted by atomic mass is 9.60. The van der Waals surface area contributed by atoms with E-state index in [1.165, 1.54) is 0 Å². The summed E-state index contributed by atoms with van der Waals surface area (Å²) >= 11 is 0. The Hall–Kier alpha value is -2.04. The summed E-state index contributed by atoms with van der Waals surface area (Å²) in [5, 5.41) is 36.1. The molecule has 0 N–H and O–H groups in total. The third kappa shape index (κ3) is 2.75. The van der Waals surface area contributed by atoms with E-state index in [0.717, 1.165) is 0 Å². The van der Waals surface area contributed by atoms with E-state index in [-0.39, 0.29) is 5.92 Å². The van der Waals surface area contributed by atoms with Gasteiger partial charge in [0.15, 0.2) is 5.41 Å². The summed E-state index contributed by atoms with van der Waals surface area (Å²) in [5.74, 6) is -0.236. The van der Waals surface area contributed by atoms with Crippen molar-refractivity contribution >= 4 is 0 Å². The molecule has 0 aromatic heterocycles. The van der Waals surface area contributed by atoms with Gasteiger partial charge < -0.3 is 0 Å². The second kappa shape index (κ2) is 5.89. The lowest BCUT2D eigenvalue weighted by Crippen LogP contribution is -2.40. The minimum atomic E-state index is -1.32. The Kier molecular flexibility index (Phi) is 5.18. The summed E-state index contributed by atoms with van der Waals surface area (Å²) in [7, 11) is 0. The van der Waals surface area contributed by atoms with Crippen LogP contribution in [0.4, 0.5) is 0 Å². The number of hydrogen-bond acceptors (Lipinski definition) is 4. The van der Waals surface area contributed by atoms with Crippen molar-refractivity contribution in [1.82, 2.24) is 0 Å². The van der Waals surface area contributed by atoms with Gasteiger partial charge in [0, 0.05) is 6.42 Å². The summed E-state index contributed by atoms with van der Waals surface area (Å²) in [6.07, 6.45) is 1.65. The van der Waals surface area contributed by atoms with Crippen LogP contribution in [0.1, 0.15) is 40.0 Å². The standard InChI is InChI=1S/C13H16N4/c1-11(6-4-5-7-14)13(9-16,10-17)12(2,3)8-15/h11H,4-6H2,1-3H3. The lowest BCUT2D eigenvalue weighted by Gasteiger charge is -2.35. The molecule has 0 spiro atoms. The SMILES string of the molecule is CC(CCCC#N)C(C#N)(C#N)C(C)(C)C#N. The first kappa shape index (κ1) is 15.0. The van der Waals surface area contributed by atoms with Crippen LogP contribution in [0.2, 0.25) is 0 Å². The van der Waals surface area contributed by atoms with Crippen molar-refractivity contribution in [3.05, 3.63) is 0 Å². The highest BCUT2D eigenvalue weighted by molar-refractivity contribution is 5.26. The van der Waals surface area contributed by atoms with Crippen molar-refractivity contribution in [2.24, 2.45) is 16.7 Å². The molecule has 0 aliphatic carbocycles. The number of unbranched alkanes of at least 4 members (excludes halogenated alkanes) is 1. The minimum absolute atomic E-state index is 0.236. The first-order valence-electron chi connectivity index (χ1n) is 5.52. The fourth-order valence-electron chi connectivity index (χ4n) is 1.93. The molecule has 0 amide bonds. The van der Waals surface area contributed by atoms with Crippen LogP contribution >= 0.6 is 0 Å². The lowest BCUT2D eigenvalue weighted by molar-refractivity contribution is 0.176. The van der Waals surface area contributed by atoms with Gasteiger partial charge >= 0.3 is 0 Å².